The summed E-state index contributed by atoms with van der Waals surface area (Å²) in [7, 11) is 0. The maximum atomic E-state index is 2.44. The van der Waals surface area contributed by atoms with E-state index in [9.17, 15) is 0 Å². The number of hydrogen-bond donors (Lipinski definition) is 0. The second-order valence-electron chi connectivity index (χ2n) is 18.9. The van der Waals surface area contributed by atoms with E-state index in [4.69, 9.17) is 0 Å². The largest absolute Gasteiger partial charge is 0.135 e. The highest BCUT2D eigenvalue weighted by atomic mass is 32.1. The monoisotopic (exact) mass is 932 g/mol. The molecule has 12 aromatic rings. The molecule has 1 heteroatoms. The van der Waals surface area contributed by atoms with Gasteiger partial charge in [-0.1, -0.05) is 248 Å². The van der Waals surface area contributed by atoms with Gasteiger partial charge in [0, 0.05) is 20.2 Å². The van der Waals surface area contributed by atoms with Crippen molar-refractivity contribution in [2.24, 2.45) is 0 Å². The first-order valence-corrected chi connectivity index (χ1v) is 25.8. The number of rotatable bonds is 4. The number of thiophene rings is 1. The molecule has 0 unspecified atom stereocenters. The first-order valence-electron chi connectivity index (χ1n) is 25.0. The molecule has 346 valence electrons. The van der Waals surface area contributed by atoms with E-state index in [0.717, 1.165) is 6.42 Å². The molecular weight excluding hydrogens is 873 g/mol. The molecule has 0 spiro atoms. The van der Waals surface area contributed by atoms with E-state index in [2.05, 4.69) is 266 Å². The van der Waals surface area contributed by atoms with E-state index in [0.29, 0.717) is 0 Å². The predicted molar refractivity (Wildman–Crippen MR) is 309 cm³/mol. The first-order chi connectivity index (χ1) is 34.8. The van der Waals surface area contributed by atoms with Crippen molar-refractivity contribution in [3.8, 4) is 22.3 Å². The third-order valence-corrected chi connectivity index (χ3v) is 15.3. The quantitative estimate of drug-likeness (QED) is 0.165. The molecule has 1 aliphatic rings. The molecule has 0 radical (unpaired) electrons. The third kappa shape index (κ3) is 9.11. The lowest BCUT2D eigenvalue weighted by Gasteiger charge is -2.34. The number of aryl methyl sites for hydroxylation is 6. The second-order valence-corrected chi connectivity index (χ2v) is 20.0. The van der Waals surface area contributed by atoms with Gasteiger partial charge in [-0.15, -0.1) is 11.3 Å². The van der Waals surface area contributed by atoms with E-state index < -0.39 is 0 Å². The van der Waals surface area contributed by atoms with Crippen LogP contribution in [0, 0.1) is 34.6 Å². The Morgan fingerprint density at radius 3 is 1.56 bits per heavy atom. The molecule has 0 bridgehead atoms. The Hall–Kier alpha value is -7.84. The zero-order valence-electron chi connectivity index (χ0n) is 41.7. The summed E-state index contributed by atoms with van der Waals surface area (Å²) in [5.74, 6) is 0. The fourth-order valence-corrected chi connectivity index (χ4v) is 11.9. The van der Waals surface area contributed by atoms with Gasteiger partial charge in [0.05, 0.1) is 5.41 Å². The van der Waals surface area contributed by atoms with Crippen molar-refractivity contribution < 1.29 is 0 Å². The summed E-state index contributed by atoms with van der Waals surface area (Å²) in [6.07, 6.45) is 1.07. The molecule has 0 saturated heterocycles. The van der Waals surface area contributed by atoms with Gasteiger partial charge in [0.15, 0.2) is 0 Å². The van der Waals surface area contributed by atoms with Crippen LogP contribution in [-0.4, -0.2) is 0 Å². The fraction of sp³-hybridized carbons (Fsp3) is 0.114. The van der Waals surface area contributed by atoms with Gasteiger partial charge in [0.25, 0.3) is 0 Å². The Balaban J connectivity index is 0.000000123. The SMILES string of the molecule is CCc1ccccc1-c1c(C)ccc2ccccc12.Cc1ccc2c(c1)C(c1ccccc1)(c1ccccc1)c1cc(C)c3ccccc3c1-2.Cc1ccc2sc3ccccc3c2c1.Cc1ccccc1. The molecule has 71 heavy (non-hydrogen) atoms. The lowest BCUT2D eigenvalue weighted by molar-refractivity contribution is 0.767. The van der Waals surface area contributed by atoms with E-state index in [1.807, 2.05) is 29.5 Å². The maximum absolute atomic E-state index is 2.44. The van der Waals surface area contributed by atoms with Gasteiger partial charge in [-0.25, -0.2) is 0 Å². The molecule has 0 saturated carbocycles. The molecule has 0 atom stereocenters. The molecule has 11 aromatic carbocycles. The standard InChI is InChI=1S/C31H24.C19H18.C13H10S.C7H8/c1-21-17-18-27-28(19-21)31(23-11-5-3-6-12-23,24-13-7-4-8-14-24)29-20-22(2)25-15-9-10-16-26(25)30(27)29;1-3-15-8-4-6-10-17(15)19-14(2)12-13-16-9-5-7-11-18(16)19;1-9-6-7-13-11(8-9)10-4-2-3-5-12(10)14-13;1-7-5-3-2-4-6-7/h3-20H,1-2H3;4-13H,3H2,1-2H3;2-8H,1H3;2-6H,1H3. The van der Waals surface area contributed by atoms with Gasteiger partial charge in [-0.3, -0.25) is 0 Å². The van der Waals surface area contributed by atoms with E-state index in [1.54, 1.807) is 0 Å². The smallest absolute Gasteiger partial charge is 0.0713 e. The average Bonchev–Trinajstić information content (AvgIpc) is 3.93. The van der Waals surface area contributed by atoms with Crippen LogP contribution in [0.1, 0.15) is 62.6 Å². The van der Waals surface area contributed by atoms with Crippen LogP contribution in [-0.2, 0) is 11.8 Å². The molecule has 0 aliphatic heterocycles. The van der Waals surface area contributed by atoms with Crippen LogP contribution >= 0.6 is 11.3 Å². The maximum Gasteiger partial charge on any atom is 0.0713 e. The zero-order chi connectivity index (χ0) is 48.9. The molecule has 1 heterocycles. The minimum atomic E-state index is -0.325. The molecule has 0 amide bonds. The molecule has 1 aliphatic carbocycles. The number of hydrogen-bond acceptors (Lipinski definition) is 1. The van der Waals surface area contributed by atoms with Crippen molar-refractivity contribution in [2.45, 2.75) is 53.4 Å². The number of benzene rings is 11. The van der Waals surface area contributed by atoms with Crippen molar-refractivity contribution in [3.05, 3.63) is 298 Å². The Kier molecular flexibility index (Phi) is 13.6. The van der Waals surface area contributed by atoms with Gasteiger partial charge < -0.3 is 0 Å². The summed E-state index contributed by atoms with van der Waals surface area (Å²) >= 11 is 1.87. The van der Waals surface area contributed by atoms with Crippen LogP contribution < -0.4 is 0 Å². The molecule has 13 rings (SSSR count). The minimum absolute atomic E-state index is 0.325. The Labute approximate surface area is 424 Å². The van der Waals surface area contributed by atoms with Gasteiger partial charge in [-0.2, -0.15) is 0 Å². The van der Waals surface area contributed by atoms with Gasteiger partial charge in [0.1, 0.15) is 0 Å². The van der Waals surface area contributed by atoms with Crippen molar-refractivity contribution in [2.75, 3.05) is 0 Å². The minimum Gasteiger partial charge on any atom is -0.135 e. The fourth-order valence-electron chi connectivity index (χ4n) is 10.8. The van der Waals surface area contributed by atoms with E-state index in [-0.39, 0.29) is 5.41 Å². The number of fused-ring (bicyclic) bond motifs is 9. The Morgan fingerprint density at radius 2 is 0.887 bits per heavy atom. The normalized spacial score (nSPS) is 12.0. The van der Waals surface area contributed by atoms with Gasteiger partial charge >= 0.3 is 0 Å². The highest BCUT2D eigenvalue weighted by Crippen LogP contribution is 2.58. The molecule has 0 N–H and O–H groups in total. The lowest BCUT2D eigenvalue weighted by atomic mass is 9.67. The van der Waals surface area contributed by atoms with Gasteiger partial charge in [-0.05, 0) is 142 Å². The van der Waals surface area contributed by atoms with Crippen LogP contribution in [0.5, 0.6) is 0 Å². The van der Waals surface area contributed by atoms with Crippen molar-refractivity contribution in [1.29, 1.82) is 0 Å². The summed E-state index contributed by atoms with van der Waals surface area (Å²) in [5, 5.41) is 8.13. The predicted octanol–water partition coefficient (Wildman–Crippen LogP) is 19.6. The molecule has 0 fully saturated rings. The highest BCUT2D eigenvalue weighted by Gasteiger charge is 2.46. The zero-order valence-corrected chi connectivity index (χ0v) is 42.5. The van der Waals surface area contributed by atoms with Crippen LogP contribution in [0.15, 0.2) is 243 Å². The summed E-state index contributed by atoms with van der Waals surface area (Å²) in [6.45, 7) is 13.1. The molecule has 0 nitrogen and oxygen atoms in total. The topological polar surface area (TPSA) is 0 Å². The van der Waals surface area contributed by atoms with Gasteiger partial charge in [0.2, 0.25) is 0 Å². The van der Waals surface area contributed by atoms with Crippen molar-refractivity contribution in [1.82, 2.24) is 0 Å². The highest BCUT2D eigenvalue weighted by molar-refractivity contribution is 7.25. The first kappa shape index (κ1) is 46.9. The summed E-state index contributed by atoms with van der Waals surface area (Å²) in [6, 6.07) is 87.7. The Bertz CT molecular complexity index is 3740. The van der Waals surface area contributed by atoms with Crippen molar-refractivity contribution >= 4 is 53.1 Å². The second kappa shape index (κ2) is 20.6. The third-order valence-electron chi connectivity index (χ3n) is 14.2. The van der Waals surface area contributed by atoms with Crippen molar-refractivity contribution in [3.63, 3.8) is 0 Å². The molecule has 1 aromatic heterocycles. The van der Waals surface area contributed by atoms with E-state index in [1.165, 1.54) is 120 Å². The lowest BCUT2D eigenvalue weighted by Crippen LogP contribution is -2.28. The van der Waals surface area contributed by atoms with Crippen LogP contribution in [0.4, 0.5) is 0 Å². The molecular formula is C70H60S. The summed E-state index contributed by atoms with van der Waals surface area (Å²) < 4.78 is 2.77. The summed E-state index contributed by atoms with van der Waals surface area (Å²) in [5.41, 5.74) is 18.6. The van der Waals surface area contributed by atoms with Crippen LogP contribution in [0.3, 0.4) is 0 Å². The van der Waals surface area contributed by atoms with E-state index >= 15 is 0 Å². The Morgan fingerprint density at radius 1 is 0.338 bits per heavy atom. The summed E-state index contributed by atoms with van der Waals surface area (Å²) in [4.78, 5) is 0. The van der Waals surface area contributed by atoms with Crippen LogP contribution in [0.2, 0.25) is 0 Å². The van der Waals surface area contributed by atoms with Crippen LogP contribution in [0.25, 0.3) is 64.0 Å². The average molecular weight is 933 g/mol.